The van der Waals surface area contributed by atoms with Crippen molar-refractivity contribution in [1.29, 1.82) is 0 Å². The highest BCUT2D eigenvalue weighted by molar-refractivity contribution is 5.51. The normalized spacial score (nSPS) is 10.6. The van der Waals surface area contributed by atoms with Gasteiger partial charge in [0.1, 0.15) is 11.6 Å². The molecule has 0 saturated heterocycles. The van der Waals surface area contributed by atoms with Crippen LogP contribution in [0.15, 0.2) is 22.6 Å². The lowest BCUT2D eigenvalue weighted by Gasteiger charge is -2.05. The summed E-state index contributed by atoms with van der Waals surface area (Å²) < 4.78 is 5.66. The van der Waals surface area contributed by atoms with E-state index in [-0.39, 0.29) is 0 Å². The summed E-state index contributed by atoms with van der Waals surface area (Å²) in [6.45, 7) is 4.16. The second-order valence-electron chi connectivity index (χ2n) is 4.08. The van der Waals surface area contributed by atoms with Crippen LogP contribution in [-0.4, -0.2) is 9.97 Å². The fourth-order valence-electron chi connectivity index (χ4n) is 1.75. The van der Waals surface area contributed by atoms with E-state index in [1.54, 1.807) is 0 Å². The Hall–Kier alpha value is -1.88. The molecule has 0 radical (unpaired) electrons. The standard InChI is InChI=1S/C13H18N4O/c1-3-5-9-8-12(17-14)16-13(15-9)11-7-6-10(4-2)18-11/h6-8H,3-5,14H2,1-2H3,(H,15,16,17). The van der Waals surface area contributed by atoms with E-state index < -0.39 is 0 Å². The Morgan fingerprint density at radius 1 is 1.28 bits per heavy atom. The number of aromatic nitrogens is 2. The first-order chi connectivity index (χ1) is 8.76. The quantitative estimate of drug-likeness (QED) is 0.626. The Morgan fingerprint density at radius 3 is 2.72 bits per heavy atom. The molecule has 0 fully saturated rings. The van der Waals surface area contributed by atoms with Gasteiger partial charge < -0.3 is 9.84 Å². The maximum Gasteiger partial charge on any atom is 0.197 e. The zero-order valence-corrected chi connectivity index (χ0v) is 10.7. The number of rotatable bonds is 5. The summed E-state index contributed by atoms with van der Waals surface area (Å²) in [5.41, 5.74) is 3.53. The van der Waals surface area contributed by atoms with Crippen molar-refractivity contribution in [3.05, 3.63) is 29.7 Å². The Kier molecular flexibility index (Phi) is 3.94. The van der Waals surface area contributed by atoms with Gasteiger partial charge in [0.2, 0.25) is 0 Å². The molecule has 0 aliphatic heterocycles. The van der Waals surface area contributed by atoms with Gasteiger partial charge in [-0.3, -0.25) is 0 Å². The molecule has 0 amide bonds. The molecule has 0 saturated carbocycles. The Labute approximate surface area is 106 Å². The number of furan rings is 1. The summed E-state index contributed by atoms with van der Waals surface area (Å²) in [6.07, 6.45) is 2.78. The van der Waals surface area contributed by atoms with Gasteiger partial charge in [0.05, 0.1) is 0 Å². The van der Waals surface area contributed by atoms with Gasteiger partial charge in [-0.1, -0.05) is 20.3 Å². The largest absolute Gasteiger partial charge is 0.458 e. The monoisotopic (exact) mass is 246 g/mol. The zero-order chi connectivity index (χ0) is 13.0. The number of hydrogen-bond donors (Lipinski definition) is 2. The molecular weight excluding hydrogens is 228 g/mol. The molecule has 0 unspecified atom stereocenters. The highest BCUT2D eigenvalue weighted by atomic mass is 16.3. The maximum atomic E-state index is 5.66. The number of hydrazine groups is 1. The smallest absolute Gasteiger partial charge is 0.197 e. The van der Waals surface area contributed by atoms with Gasteiger partial charge in [-0.2, -0.15) is 0 Å². The van der Waals surface area contributed by atoms with Crippen LogP contribution in [0.2, 0.25) is 0 Å². The third-order valence-corrected chi connectivity index (χ3v) is 2.66. The molecule has 0 aliphatic rings. The van der Waals surface area contributed by atoms with Gasteiger partial charge in [0.25, 0.3) is 0 Å². The van der Waals surface area contributed by atoms with Crippen molar-refractivity contribution in [3.8, 4) is 11.6 Å². The molecule has 3 N–H and O–H groups in total. The van der Waals surface area contributed by atoms with Crippen molar-refractivity contribution in [3.63, 3.8) is 0 Å². The first kappa shape index (κ1) is 12.6. The van der Waals surface area contributed by atoms with E-state index in [4.69, 9.17) is 10.3 Å². The summed E-state index contributed by atoms with van der Waals surface area (Å²) in [6, 6.07) is 5.70. The number of nitrogens with two attached hydrogens (primary N) is 1. The number of nitrogen functional groups attached to an aromatic ring is 1. The van der Waals surface area contributed by atoms with Gasteiger partial charge in [-0.05, 0) is 18.6 Å². The van der Waals surface area contributed by atoms with Crippen LogP contribution in [0.25, 0.3) is 11.6 Å². The van der Waals surface area contributed by atoms with Crippen LogP contribution in [-0.2, 0) is 12.8 Å². The van der Waals surface area contributed by atoms with Crippen LogP contribution in [0.5, 0.6) is 0 Å². The molecule has 2 heterocycles. The molecular formula is C13H18N4O. The SMILES string of the molecule is CCCc1cc(NN)nc(-c2ccc(CC)o2)n1. The number of hydrogen-bond acceptors (Lipinski definition) is 5. The van der Waals surface area contributed by atoms with Crippen molar-refractivity contribution in [2.75, 3.05) is 5.43 Å². The molecule has 2 aromatic rings. The molecule has 0 aliphatic carbocycles. The van der Waals surface area contributed by atoms with Gasteiger partial charge in [0, 0.05) is 18.2 Å². The molecule has 0 atom stereocenters. The van der Waals surface area contributed by atoms with Crippen molar-refractivity contribution in [2.45, 2.75) is 33.1 Å². The number of nitrogens with zero attached hydrogens (tertiary/aromatic N) is 2. The van der Waals surface area contributed by atoms with Crippen LogP contribution in [0, 0.1) is 0 Å². The van der Waals surface area contributed by atoms with Crippen LogP contribution in [0.4, 0.5) is 5.82 Å². The zero-order valence-electron chi connectivity index (χ0n) is 10.7. The summed E-state index contributed by atoms with van der Waals surface area (Å²) in [7, 11) is 0. The first-order valence-electron chi connectivity index (χ1n) is 6.20. The van der Waals surface area contributed by atoms with Crippen LogP contribution in [0.3, 0.4) is 0 Å². The second kappa shape index (κ2) is 5.64. The average molecular weight is 246 g/mol. The van der Waals surface area contributed by atoms with E-state index >= 15 is 0 Å². The Balaban J connectivity index is 2.39. The van der Waals surface area contributed by atoms with E-state index in [2.05, 4.69) is 22.3 Å². The fourth-order valence-corrected chi connectivity index (χ4v) is 1.75. The molecule has 2 rings (SSSR count). The minimum Gasteiger partial charge on any atom is -0.458 e. The minimum absolute atomic E-state index is 0.577. The average Bonchev–Trinajstić information content (AvgIpc) is 2.87. The number of anilines is 1. The lowest BCUT2D eigenvalue weighted by Crippen LogP contribution is -2.10. The van der Waals surface area contributed by atoms with Gasteiger partial charge in [-0.15, -0.1) is 0 Å². The lowest BCUT2D eigenvalue weighted by molar-refractivity contribution is 0.525. The van der Waals surface area contributed by atoms with Gasteiger partial charge >= 0.3 is 0 Å². The summed E-state index contributed by atoms with van der Waals surface area (Å²) >= 11 is 0. The molecule has 5 heteroatoms. The third-order valence-electron chi connectivity index (χ3n) is 2.66. The predicted octanol–water partition coefficient (Wildman–Crippen LogP) is 2.54. The predicted molar refractivity (Wildman–Crippen MR) is 70.9 cm³/mol. The Bertz CT molecular complexity index is 521. The fraction of sp³-hybridized carbons (Fsp3) is 0.385. The number of aryl methyl sites for hydroxylation is 2. The van der Waals surface area contributed by atoms with E-state index in [1.807, 2.05) is 25.1 Å². The van der Waals surface area contributed by atoms with E-state index in [0.29, 0.717) is 17.4 Å². The summed E-state index contributed by atoms with van der Waals surface area (Å²) in [5.74, 6) is 8.22. The summed E-state index contributed by atoms with van der Waals surface area (Å²) in [4.78, 5) is 8.80. The van der Waals surface area contributed by atoms with Crippen molar-refractivity contribution in [1.82, 2.24) is 9.97 Å². The Morgan fingerprint density at radius 2 is 2.11 bits per heavy atom. The maximum absolute atomic E-state index is 5.66. The van der Waals surface area contributed by atoms with Crippen LogP contribution < -0.4 is 11.3 Å². The van der Waals surface area contributed by atoms with Crippen molar-refractivity contribution in [2.24, 2.45) is 5.84 Å². The molecule has 2 aromatic heterocycles. The van der Waals surface area contributed by atoms with Crippen molar-refractivity contribution < 1.29 is 4.42 Å². The van der Waals surface area contributed by atoms with E-state index in [1.165, 1.54) is 0 Å². The molecule has 0 spiro atoms. The van der Waals surface area contributed by atoms with E-state index in [9.17, 15) is 0 Å². The van der Waals surface area contributed by atoms with Gasteiger partial charge in [-0.25, -0.2) is 15.8 Å². The van der Waals surface area contributed by atoms with Crippen LogP contribution >= 0.6 is 0 Å². The highest BCUT2D eigenvalue weighted by Gasteiger charge is 2.10. The molecule has 0 bridgehead atoms. The highest BCUT2D eigenvalue weighted by Crippen LogP contribution is 2.21. The van der Waals surface area contributed by atoms with E-state index in [0.717, 1.165) is 30.7 Å². The molecule has 0 aromatic carbocycles. The molecule has 18 heavy (non-hydrogen) atoms. The minimum atomic E-state index is 0.577. The lowest BCUT2D eigenvalue weighted by atomic mass is 10.2. The second-order valence-corrected chi connectivity index (χ2v) is 4.08. The molecule has 5 nitrogen and oxygen atoms in total. The molecule has 96 valence electrons. The van der Waals surface area contributed by atoms with Crippen LogP contribution in [0.1, 0.15) is 31.7 Å². The third kappa shape index (κ3) is 2.68. The van der Waals surface area contributed by atoms with Crippen molar-refractivity contribution >= 4 is 5.82 Å². The summed E-state index contributed by atoms with van der Waals surface area (Å²) in [5, 5.41) is 0. The van der Waals surface area contributed by atoms with Gasteiger partial charge in [0.15, 0.2) is 11.6 Å². The first-order valence-corrected chi connectivity index (χ1v) is 6.20. The number of nitrogens with one attached hydrogen (secondary N) is 1. The topological polar surface area (TPSA) is 77.0 Å².